The van der Waals surface area contributed by atoms with E-state index < -0.39 is 23.7 Å². The highest BCUT2D eigenvalue weighted by Crippen LogP contribution is 2.44. The van der Waals surface area contributed by atoms with Gasteiger partial charge in [-0.2, -0.15) is 0 Å². The molecule has 1 aliphatic rings. The lowest BCUT2D eigenvalue weighted by molar-refractivity contribution is -0.132. The van der Waals surface area contributed by atoms with Gasteiger partial charge in [-0.05, 0) is 31.5 Å². The largest absolute Gasteiger partial charge is 0.507 e. The van der Waals surface area contributed by atoms with E-state index in [9.17, 15) is 19.5 Å². The fraction of sp³-hybridized carbons (Fsp3) is 0.200. The third-order valence-corrected chi connectivity index (χ3v) is 6.50. The third-order valence-electron chi connectivity index (χ3n) is 5.36. The van der Waals surface area contributed by atoms with Gasteiger partial charge in [-0.1, -0.05) is 53.8 Å². The Morgan fingerprint density at radius 1 is 1.12 bits per heavy atom. The molecule has 1 aliphatic heterocycles. The molecule has 2 aromatic carbocycles. The maximum absolute atomic E-state index is 13.2. The van der Waals surface area contributed by atoms with Gasteiger partial charge in [0.05, 0.1) is 31.0 Å². The molecule has 0 unspecified atom stereocenters. The minimum atomic E-state index is -0.952. The van der Waals surface area contributed by atoms with Crippen LogP contribution in [0.25, 0.3) is 5.76 Å². The third kappa shape index (κ3) is 4.06. The summed E-state index contributed by atoms with van der Waals surface area (Å²) in [4.78, 5) is 44.4. The molecule has 0 radical (unpaired) electrons. The van der Waals surface area contributed by atoms with Crippen molar-refractivity contribution in [1.82, 2.24) is 4.98 Å². The number of hydrogen-bond acceptors (Lipinski definition) is 8. The molecule has 1 atom stereocenters. The summed E-state index contributed by atoms with van der Waals surface area (Å²) in [6, 6.07) is 14.5. The van der Waals surface area contributed by atoms with Gasteiger partial charge in [0.15, 0.2) is 5.13 Å². The lowest BCUT2D eigenvalue weighted by atomic mass is 9.95. The standard InChI is InChI=1S/C25H22N2O6S/c1-4-33-17-12-10-15(11-13-17)19-18(20(28)16-8-6-5-7-9-16)21(29)23(30)27(19)25-26-14(2)22(34-25)24(31)32-3/h5-13,19,28H,4H2,1-3H3/t19-/m0/s1. The van der Waals surface area contributed by atoms with Crippen molar-refractivity contribution in [1.29, 1.82) is 0 Å². The first-order chi connectivity index (χ1) is 16.4. The van der Waals surface area contributed by atoms with Crippen molar-refractivity contribution in [2.24, 2.45) is 0 Å². The Hall–Kier alpha value is -3.98. The maximum atomic E-state index is 13.2. The van der Waals surface area contributed by atoms with Gasteiger partial charge in [0.25, 0.3) is 5.78 Å². The number of Topliss-reactive ketones (excluding diaryl/α,β-unsaturated/α-hetero) is 1. The first-order valence-corrected chi connectivity index (χ1v) is 11.3. The van der Waals surface area contributed by atoms with E-state index in [4.69, 9.17) is 9.47 Å². The van der Waals surface area contributed by atoms with Gasteiger partial charge in [0.1, 0.15) is 16.4 Å². The lowest BCUT2D eigenvalue weighted by Gasteiger charge is -2.23. The number of esters is 1. The number of aliphatic hydroxyl groups is 1. The predicted octanol–water partition coefficient (Wildman–Crippen LogP) is 4.26. The number of amides is 1. The van der Waals surface area contributed by atoms with Gasteiger partial charge in [-0.15, -0.1) is 0 Å². The van der Waals surface area contributed by atoms with Crippen LogP contribution < -0.4 is 9.64 Å². The van der Waals surface area contributed by atoms with Gasteiger partial charge in [0, 0.05) is 5.56 Å². The number of hydrogen-bond donors (Lipinski definition) is 1. The first-order valence-electron chi connectivity index (χ1n) is 10.5. The fourth-order valence-electron chi connectivity index (χ4n) is 3.78. The molecular weight excluding hydrogens is 456 g/mol. The zero-order chi connectivity index (χ0) is 24.4. The average Bonchev–Trinajstić information content (AvgIpc) is 3.36. The van der Waals surface area contributed by atoms with Gasteiger partial charge in [0.2, 0.25) is 0 Å². The Balaban J connectivity index is 1.90. The van der Waals surface area contributed by atoms with Crippen molar-refractivity contribution < 1.29 is 29.0 Å². The first kappa shape index (κ1) is 23.2. The monoisotopic (exact) mass is 478 g/mol. The van der Waals surface area contributed by atoms with Crippen LogP contribution in [0.3, 0.4) is 0 Å². The zero-order valence-corrected chi connectivity index (χ0v) is 19.6. The number of aromatic nitrogens is 1. The second-order valence-corrected chi connectivity index (χ2v) is 8.42. The van der Waals surface area contributed by atoms with Crippen molar-refractivity contribution in [2.45, 2.75) is 19.9 Å². The van der Waals surface area contributed by atoms with Crippen molar-refractivity contribution in [3.63, 3.8) is 0 Å². The predicted molar refractivity (Wildman–Crippen MR) is 127 cm³/mol. The number of nitrogens with zero attached hydrogens (tertiary/aromatic N) is 2. The quantitative estimate of drug-likeness (QED) is 0.244. The molecular formula is C25H22N2O6S. The number of rotatable bonds is 6. The Morgan fingerprint density at radius 3 is 2.41 bits per heavy atom. The average molecular weight is 479 g/mol. The van der Waals surface area contributed by atoms with E-state index in [0.717, 1.165) is 11.3 Å². The SMILES string of the molecule is CCOc1ccc([C@H]2C(=C(O)c3ccccc3)C(=O)C(=O)N2c2nc(C)c(C(=O)OC)s2)cc1. The molecule has 34 heavy (non-hydrogen) atoms. The number of ketones is 1. The number of aryl methyl sites for hydroxylation is 1. The number of methoxy groups -OCH3 is 1. The number of carbonyl (C=O) groups is 3. The van der Waals surface area contributed by atoms with Gasteiger partial charge < -0.3 is 14.6 Å². The summed E-state index contributed by atoms with van der Waals surface area (Å²) >= 11 is 0.953. The smallest absolute Gasteiger partial charge is 0.350 e. The number of anilines is 1. The van der Waals surface area contributed by atoms with Gasteiger partial charge in [-0.3, -0.25) is 14.5 Å². The lowest BCUT2D eigenvalue weighted by Crippen LogP contribution is -2.29. The van der Waals surface area contributed by atoms with E-state index in [2.05, 4.69) is 4.98 Å². The molecule has 1 N–H and O–H groups in total. The van der Waals surface area contributed by atoms with Crippen LogP contribution in [-0.4, -0.2) is 41.5 Å². The van der Waals surface area contributed by atoms with Crippen molar-refractivity contribution in [3.05, 3.63) is 81.9 Å². The summed E-state index contributed by atoms with van der Waals surface area (Å²) in [6.07, 6.45) is 0. The maximum Gasteiger partial charge on any atom is 0.350 e. The Labute approximate surface area is 200 Å². The van der Waals surface area contributed by atoms with E-state index in [1.807, 2.05) is 6.92 Å². The van der Waals surface area contributed by atoms with Crippen LogP contribution >= 0.6 is 11.3 Å². The second-order valence-electron chi connectivity index (χ2n) is 7.44. The van der Waals surface area contributed by atoms with Gasteiger partial charge in [-0.25, -0.2) is 9.78 Å². The molecule has 3 aromatic rings. The summed E-state index contributed by atoms with van der Waals surface area (Å²) in [5, 5.41) is 11.3. The molecule has 0 aliphatic carbocycles. The molecule has 9 heteroatoms. The molecule has 174 valence electrons. The van der Waals surface area contributed by atoms with E-state index >= 15 is 0 Å². The molecule has 0 spiro atoms. The molecule has 0 bridgehead atoms. The van der Waals surface area contributed by atoms with E-state index in [1.165, 1.54) is 12.0 Å². The van der Waals surface area contributed by atoms with Crippen LogP contribution in [0.15, 0.2) is 60.2 Å². The zero-order valence-electron chi connectivity index (χ0n) is 18.8. The van der Waals surface area contributed by atoms with E-state index in [0.29, 0.717) is 29.2 Å². The van der Waals surface area contributed by atoms with Crippen molar-refractivity contribution >= 4 is 39.9 Å². The number of aliphatic hydroxyl groups excluding tert-OH is 1. The van der Waals surface area contributed by atoms with Crippen molar-refractivity contribution in [3.8, 4) is 5.75 Å². The van der Waals surface area contributed by atoms with Crippen LogP contribution in [0, 0.1) is 6.92 Å². The van der Waals surface area contributed by atoms with Gasteiger partial charge >= 0.3 is 11.9 Å². The topological polar surface area (TPSA) is 106 Å². The summed E-state index contributed by atoms with van der Waals surface area (Å²) in [5.74, 6) is -1.93. The summed E-state index contributed by atoms with van der Waals surface area (Å²) < 4.78 is 10.3. The molecule has 1 amide bonds. The van der Waals surface area contributed by atoms with E-state index in [1.54, 1.807) is 61.5 Å². The van der Waals surface area contributed by atoms with Crippen LogP contribution in [0.1, 0.15) is 39.5 Å². The number of benzene rings is 2. The minimum Gasteiger partial charge on any atom is -0.507 e. The molecule has 4 rings (SSSR count). The molecule has 1 fully saturated rings. The number of ether oxygens (including phenoxy) is 2. The molecule has 2 heterocycles. The summed E-state index contributed by atoms with van der Waals surface area (Å²) in [5.41, 5.74) is 1.30. The second kappa shape index (κ2) is 9.48. The van der Waals surface area contributed by atoms with Crippen LogP contribution in [0.2, 0.25) is 0 Å². The molecule has 0 saturated carbocycles. The van der Waals surface area contributed by atoms with Crippen molar-refractivity contribution in [2.75, 3.05) is 18.6 Å². The highest BCUT2D eigenvalue weighted by atomic mass is 32.1. The normalized spacial score (nSPS) is 17.1. The van der Waals surface area contributed by atoms with Crippen LogP contribution in [-0.2, 0) is 14.3 Å². The summed E-state index contributed by atoms with van der Waals surface area (Å²) in [6.45, 7) is 3.98. The number of thiazole rings is 1. The highest BCUT2D eigenvalue weighted by Gasteiger charge is 2.48. The number of carbonyl (C=O) groups excluding carboxylic acids is 3. The highest BCUT2D eigenvalue weighted by molar-refractivity contribution is 7.17. The minimum absolute atomic E-state index is 0.0622. The Bertz CT molecular complexity index is 1280. The summed E-state index contributed by atoms with van der Waals surface area (Å²) in [7, 11) is 1.26. The Kier molecular flexibility index (Phi) is 6.47. The Morgan fingerprint density at radius 2 is 1.79 bits per heavy atom. The molecule has 8 nitrogen and oxygen atoms in total. The van der Waals surface area contributed by atoms with Crippen LogP contribution in [0.4, 0.5) is 5.13 Å². The molecule has 1 aromatic heterocycles. The van der Waals surface area contributed by atoms with Crippen LogP contribution in [0.5, 0.6) is 5.75 Å². The fourth-order valence-corrected chi connectivity index (χ4v) is 4.79. The van der Waals surface area contributed by atoms with E-state index in [-0.39, 0.29) is 21.3 Å². The molecule has 1 saturated heterocycles.